The Bertz CT molecular complexity index is 482. The van der Waals surface area contributed by atoms with Crippen LogP contribution in [0.15, 0.2) is 47.1 Å². The summed E-state index contributed by atoms with van der Waals surface area (Å²) in [7, 11) is 0. The van der Waals surface area contributed by atoms with Crippen molar-refractivity contribution in [3.05, 3.63) is 48.4 Å². The molecule has 0 amide bonds. The fourth-order valence-electron chi connectivity index (χ4n) is 1.93. The van der Waals surface area contributed by atoms with Crippen molar-refractivity contribution in [3.63, 3.8) is 0 Å². The van der Waals surface area contributed by atoms with E-state index in [9.17, 15) is 0 Å². The van der Waals surface area contributed by atoms with Crippen LogP contribution in [0.4, 0.5) is 0 Å². The summed E-state index contributed by atoms with van der Waals surface area (Å²) >= 11 is 0. The average molecular weight is 276 g/mol. The molecule has 0 unspecified atom stereocenters. The number of rotatable bonds is 9. The summed E-state index contributed by atoms with van der Waals surface area (Å²) in [6, 6.07) is 11.7. The molecule has 2 aromatic rings. The van der Waals surface area contributed by atoms with Gasteiger partial charge in [0.1, 0.15) is 6.54 Å². The first-order chi connectivity index (χ1) is 9.90. The van der Waals surface area contributed by atoms with E-state index in [0.29, 0.717) is 13.2 Å². The minimum Gasteiger partial charge on any atom is -0.490 e. The molecular formula is C16H22NO3+. The van der Waals surface area contributed by atoms with Gasteiger partial charge < -0.3 is 19.2 Å². The van der Waals surface area contributed by atoms with Crippen LogP contribution in [0, 0.1) is 0 Å². The van der Waals surface area contributed by atoms with Gasteiger partial charge in [0.25, 0.3) is 0 Å². The van der Waals surface area contributed by atoms with E-state index in [0.717, 1.165) is 36.8 Å². The highest BCUT2D eigenvalue weighted by molar-refractivity contribution is 5.39. The second-order valence-corrected chi connectivity index (χ2v) is 4.44. The summed E-state index contributed by atoms with van der Waals surface area (Å²) in [6.45, 7) is 5.20. The molecule has 0 aliphatic heterocycles. The summed E-state index contributed by atoms with van der Waals surface area (Å²) < 4.78 is 16.6. The molecule has 0 aliphatic rings. The van der Waals surface area contributed by atoms with Gasteiger partial charge >= 0.3 is 0 Å². The summed E-state index contributed by atoms with van der Waals surface area (Å²) in [5.74, 6) is 2.64. The number of benzene rings is 1. The Hall–Kier alpha value is -1.94. The van der Waals surface area contributed by atoms with Crippen LogP contribution in [-0.4, -0.2) is 19.8 Å². The Balaban J connectivity index is 1.63. The average Bonchev–Trinajstić information content (AvgIpc) is 2.98. The lowest BCUT2D eigenvalue weighted by atomic mass is 10.3. The number of quaternary nitrogens is 1. The molecule has 1 aromatic heterocycles. The summed E-state index contributed by atoms with van der Waals surface area (Å²) in [5.41, 5.74) is 0. The van der Waals surface area contributed by atoms with Gasteiger partial charge in [-0.1, -0.05) is 12.1 Å². The first-order valence-corrected chi connectivity index (χ1v) is 7.09. The van der Waals surface area contributed by atoms with Gasteiger partial charge in [-0.3, -0.25) is 0 Å². The van der Waals surface area contributed by atoms with Gasteiger partial charge in [0.2, 0.25) is 0 Å². The molecule has 4 heteroatoms. The lowest BCUT2D eigenvalue weighted by molar-refractivity contribution is -0.672. The molecule has 1 aromatic carbocycles. The summed E-state index contributed by atoms with van der Waals surface area (Å²) in [6.07, 6.45) is 2.69. The molecule has 108 valence electrons. The molecule has 0 bridgehead atoms. The lowest BCUT2D eigenvalue weighted by Gasteiger charge is -2.11. The number of hydrogen-bond acceptors (Lipinski definition) is 3. The predicted octanol–water partition coefficient (Wildman–Crippen LogP) is 2.21. The standard InChI is InChI=1S/C16H21NO3/c1-2-18-15-8-3-4-9-16(15)20-12-6-10-17-13-14-7-5-11-19-14/h3-5,7-9,11,17H,2,6,10,12-13H2,1H3/p+1. The highest BCUT2D eigenvalue weighted by atomic mass is 16.5. The van der Waals surface area contributed by atoms with E-state index >= 15 is 0 Å². The maximum atomic E-state index is 5.76. The molecule has 20 heavy (non-hydrogen) atoms. The Labute approximate surface area is 119 Å². The van der Waals surface area contributed by atoms with Gasteiger partial charge in [0.15, 0.2) is 17.3 Å². The second kappa shape index (κ2) is 8.27. The Morgan fingerprint density at radius 1 is 1.05 bits per heavy atom. The maximum absolute atomic E-state index is 5.76. The van der Waals surface area contributed by atoms with Crippen LogP contribution >= 0.6 is 0 Å². The topological polar surface area (TPSA) is 48.2 Å². The molecule has 0 radical (unpaired) electrons. The van der Waals surface area contributed by atoms with Crippen LogP contribution in [0.2, 0.25) is 0 Å². The molecule has 4 nitrogen and oxygen atoms in total. The third-order valence-electron chi connectivity index (χ3n) is 2.88. The number of para-hydroxylation sites is 2. The van der Waals surface area contributed by atoms with E-state index in [-0.39, 0.29) is 0 Å². The number of hydrogen-bond donors (Lipinski definition) is 1. The van der Waals surface area contributed by atoms with Crippen LogP contribution in [0.1, 0.15) is 19.1 Å². The van der Waals surface area contributed by atoms with Crippen molar-refractivity contribution in [1.82, 2.24) is 0 Å². The maximum Gasteiger partial charge on any atom is 0.161 e. The molecule has 0 spiro atoms. The van der Waals surface area contributed by atoms with Gasteiger partial charge in [-0.25, -0.2) is 0 Å². The molecular weight excluding hydrogens is 254 g/mol. The number of ether oxygens (including phenoxy) is 2. The molecule has 1 heterocycles. The van der Waals surface area contributed by atoms with Crippen molar-refractivity contribution in [2.24, 2.45) is 0 Å². The zero-order valence-corrected chi connectivity index (χ0v) is 11.9. The highest BCUT2D eigenvalue weighted by Gasteiger charge is 2.03. The highest BCUT2D eigenvalue weighted by Crippen LogP contribution is 2.26. The van der Waals surface area contributed by atoms with Crippen molar-refractivity contribution in [2.75, 3.05) is 19.8 Å². The Morgan fingerprint density at radius 2 is 1.85 bits per heavy atom. The zero-order chi connectivity index (χ0) is 14.0. The lowest BCUT2D eigenvalue weighted by Crippen LogP contribution is -2.82. The molecule has 2 N–H and O–H groups in total. The van der Waals surface area contributed by atoms with Gasteiger partial charge in [0.05, 0.1) is 26.0 Å². The van der Waals surface area contributed by atoms with Crippen molar-refractivity contribution in [1.29, 1.82) is 0 Å². The minimum atomic E-state index is 0.650. The first-order valence-electron chi connectivity index (χ1n) is 7.09. The minimum absolute atomic E-state index is 0.650. The molecule has 0 saturated heterocycles. The van der Waals surface area contributed by atoms with Crippen molar-refractivity contribution in [3.8, 4) is 11.5 Å². The zero-order valence-electron chi connectivity index (χ0n) is 11.9. The van der Waals surface area contributed by atoms with Crippen molar-refractivity contribution >= 4 is 0 Å². The first kappa shape index (κ1) is 14.5. The van der Waals surface area contributed by atoms with E-state index < -0.39 is 0 Å². The normalized spacial score (nSPS) is 10.4. The number of furan rings is 1. The molecule has 0 fully saturated rings. The van der Waals surface area contributed by atoms with E-state index in [4.69, 9.17) is 13.9 Å². The SMILES string of the molecule is CCOc1ccccc1OCCC[NH2+]Cc1ccco1. The molecule has 0 atom stereocenters. The Kier molecular flexibility index (Phi) is 5.99. The van der Waals surface area contributed by atoms with Crippen molar-refractivity contribution < 1.29 is 19.2 Å². The van der Waals surface area contributed by atoms with Gasteiger partial charge in [-0.15, -0.1) is 0 Å². The summed E-state index contributed by atoms with van der Waals surface area (Å²) in [4.78, 5) is 0. The molecule has 0 aliphatic carbocycles. The predicted molar refractivity (Wildman–Crippen MR) is 76.9 cm³/mol. The molecule has 2 rings (SSSR count). The summed E-state index contributed by atoms with van der Waals surface area (Å²) in [5, 5.41) is 2.22. The van der Waals surface area contributed by atoms with Gasteiger partial charge in [0, 0.05) is 6.42 Å². The van der Waals surface area contributed by atoms with E-state index in [1.807, 2.05) is 43.3 Å². The van der Waals surface area contributed by atoms with Gasteiger partial charge in [-0.2, -0.15) is 0 Å². The van der Waals surface area contributed by atoms with Crippen LogP contribution in [0.3, 0.4) is 0 Å². The number of nitrogens with two attached hydrogens (primary N) is 1. The van der Waals surface area contributed by atoms with E-state index in [2.05, 4.69) is 5.32 Å². The van der Waals surface area contributed by atoms with Crippen LogP contribution in [-0.2, 0) is 6.54 Å². The van der Waals surface area contributed by atoms with Gasteiger partial charge in [-0.05, 0) is 31.2 Å². The van der Waals surface area contributed by atoms with Crippen LogP contribution in [0.5, 0.6) is 11.5 Å². The van der Waals surface area contributed by atoms with E-state index in [1.165, 1.54) is 0 Å². The quantitative estimate of drug-likeness (QED) is 0.714. The molecule has 0 saturated carbocycles. The Morgan fingerprint density at radius 3 is 2.55 bits per heavy atom. The van der Waals surface area contributed by atoms with Crippen LogP contribution < -0.4 is 14.8 Å². The van der Waals surface area contributed by atoms with E-state index in [1.54, 1.807) is 6.26 Å². The fraction of sp³-hybridized carbons (Fsp3) is 0.375. The fourth-order valence-corrected chi connectivity index (χ4v) is 1.93. The van der Waals surface area contributed by atoms with Crippen molar-refractivity contribution in [2.45, 2.75) is 19.9 Å². The largest absolute Gasteiger partial charge is 0.490 e. The monoisotopic (exact) mass is 276 g/mol. The second-order valence-electron chi connectivity index (χ2n) is 4.44. The third-order valence-corrected chi connectivity index (χ3v) is 2.88. The third kappa shape index (κ3) is 4.63. The van der Waals surface area contributed by atoms with Crippen LogP contribution in [0.25, 0.3) is 0 Å². The smallest absolute Gasteiger partial charge is 0.161 e.